The molecule has 0 bridgehead atoms. The highest BCUT2D eigenvalue weighted by atomic mass is 16.5. The predicted molar refractivity (Wildman–Crippen MR) is 145 cm³/mol. The Morgan fingerprint density at radius 2 is 1.66 bits per heavy atom. The van der Waals surface area contributed by atoms with Crippen LogP contribution in [0.15, 0.2) is 72.3 Å². The SMILES string of the molecule is CCOC(=O)c1ccc(CN2C(=O)C(=O)/C(=C(\O)c3ccc4c(c3)CCCC4)C2c2cccc(C)c2)cc1. The van der Waals surface area contributed by atoms with Crippen molar-refractivity contribution < 1.29 is 24.2 Å². The predicted octanol–water partition coefficient (Wildman–Crippen LogP) is 5.67. The van der Waals surface area contributed by atoms with Gasteiger partial charge >= 0.3 is 5.97 Å². The molecule has 0 spiro atoms. The van der Waals surface area contributed by atoms with Crippen LogP contribution >= 0.6 is 0 Å². The Morgan fingerprint density at radius 1 is 0.947 bits per heavy atom. The smallest absolute Gasteiger partial charge is 0.338 e. The van der Waals surface area contributed by atoms with Crippen LogP contribution in [-0.4, -0.2) is 34.3 Å². The fourth-order valence-corrected chi connectivity index (χ4v) is 5.42. The Balaban J connectivity index is 1.55. The zero-order valence-corrected chi connectivity index (χ0v) is 21.7. The lowest BCUT2D eigenvalue weighted by Crippen LogP contribution is -2.29. The third-order valence-corrected chi connectivity index (χ3v) is 7.34. The fourth-order valence-electron chi connectivity index (χ4n) is 5.42. The van der Waals surface area contributed by atoms with E-state index in [-0.39, 0.29) is 24.5 Å². The van der Waals surface area contributed by atoms with E-state index in [1.807, 2.05) is 49.4 Å². The summed E-state index contributed by atoms with van der Waals surface area (Å²) < 4.78 is 5.05. The molecular weight excluding hydrogens is 478 g/mol. The number of ketones is 1. The Kier molecular flexibility index (Phi) is 7.14. The summed E-state index contributed by atoms with van der Waals surface area (Å²) in [5, 5.41) is 11.5. The van der Waals surface area contributed by atoms with E-state index < -0.39 is 23.7 Å². The van der Waals surface area contributed by atoms with Crippen LogP contribution in [0.3, 0.4) is 0 Å². The van der Waals surface area contributed by atoms with E-state index in [1.54, 1.807) is 31.2 Å². The molecule has 1 heterocycles. The average Bonchev–Trinajstić information content (AvgIpc) is 3.18. The van der Waals surface area contributed by atoms with Crippen LogP contribution in [0.1, 0.15) is 69.5 Å². The number of carbonyl (C=O) groups is 3. The van der Waals surface area contributed by atoms with E-state index in [0.717, 1.165) is 42.4 Å². The number of aryl methyl sites for hydroxylation is 3. The van der Waals surface area contributed by atoms with Crippen LogP contribution in [0.5, 0.6) is 0 Å². The highest BCUT2D eigenvalue weighted by Crippen LogP contribution is 2.41. The zero-order chi connectivity index (χ0) is 26.8. The Labute approximate surface area is 222 Å². The van der Waals surface area contributed by atoms with Gasteiger partial charge in [-0.2, -0.15) is 0 Å². The van der Waals surface area contributed by atoms with Crippen molar-refractivity contribution in [2.24, 2.45) is 0 Å². The maximum Gasteiger partial charge on any atom is 0.338 e. The van der Waals surface area contributed by atoms with Crippen molar-refractivity contribution in [3.63, 3.8) is 0 Å². The number of Topliss-reactive ketones (excluding diaryl/α,β-unsaturated/α-hetero) is 1. The summed E-state index contributed by atoms with van der Waals surface area (Å²) >= 11 is 0. The number of fused-ring (bicyclic) bond motifs is 1. The summed E-state index contributed by atoms with van der Waals surface area (Å²) in [5.41, 5.74) is 6.02. The Morgan fingerprint density at radius 3 is 2.37 bits per heavy atom. The van der Waals surface area contributed by atoms with Crippen molar-refractivity contribution in [2.75, 3.05) is 6.61 Å². The van der Waals surface area contributed by atoms with Crippen LogP contribution in [-0.2, 0) is 33.7 Å². The molecule has 194 valence electrons. The van der Waals surface area contributed by atoms with Crippen LogP contribution in [0.2, 0.25) is 0 Å². The number of aliphatic hydroxyl groups is 1. The molecule has 2 aliphatic rings. The molecule has 1 saturated heterocycles. The minimum atomic E-state index is -0.740. The van der Waals surface area contributed by atoms with Gasteiger partial charge in [-0.15, -0.1) is 0 Å². The molecular formula is C32H31NO5. The monoisotopic (exact) mass is 509 g/mol. The molecule has 1 aliphatic carbocycles. The summed E-state index contributed by atoms with van der Waals surface area (Å²) in [5.74, 6) is -1.92. The number of hydrogen-bond donors (Lipinski definition) is 1. The third-order valence-electron chi connectivity index (χ3n) is 7.34. The van der Waals surface area contributed by atoms with Gasteiger partial charge in [0.15, 0.2) is 0 Å². The van der Waals surface area contributed by atoms with Gasteiger partial charge in [0.1, 0.15) is 5.76 Å². The number of esters is 1. The standard InChI is InChI=1S/C32H31NO5/c1-3-38-32(37)23-13-11-21(12-14-23)19-33-28(25-10-6-7-20(2)17-25)27(30(35)31(33)36)29(34)26-16-15-22-8-4-5-9-24(22)18-26/h6-7,10-18,28,34H,3-5,8-9,19H2,1-2H3/b29-27-. The molecule has 6 nitrogen and oxygen atoms in total. The lowest BCUT2D eigenvalue weighted by Gasteiger charge is -2.26. The van der Waals surface area contributed by atoms with Crippen LogP contribution < -0.4 is 0 Å². The molecule has 3 aromatic carbocycles. The van der Waals surface area contributed by atoms with Crippen molar-refractivity contribution in [1.29, 1.82) is 0 Å². The molecule has 1 unspecified atom stereocenters. The molecule has 1 amide bonds. The van der Waals surface area contributed by atoms with E-state index in [2.05, 4.69) is 0 Å². The first-order valence-electron chi connectivity index (χ1n) is 13.1. The Bertz CT molecular complexity index is 1440. The number of amides is 1. The number of ether oxygens (including phenoxy) is 1. The number of carbonyl (C=O) groups excluding carboxylic acids is 3. The molecule has 1 atom stereocenters. The molecule has 1 fully saturated rings. The van der Waals surface area contributed by atoms with E-state index in [0.29, 0.717) is 11.1 Å². The van der Waals surface area contributed by atoms with Gasteiger partial charge in [-0.25, -0.2) is 4.79 Å². The van der Waals surface area contributed by atoms with Gasteiger partial charge in [0, 0.05) is 12.1 Å². The van der Waals surface area contributed by atoms with Gasteiger partial charge in [-0.1, -0.05) is 54.1 Å². The maximum atomic E-state index is 13.4. The second-order valence-electron chi connectivity index (χ2n) is 9.95. The largest absolute Gasteiger partial charge is 0.507 e. The summed E-state index contributed by atoms with van der Waals surface area (Å²) in [6.45, 7) is 4.13. The van der Waals surface area contributed by atoms with Crippen molar-refractivity contribution in [3.05, 3.63) is 111 Å². The number of likely N-dealkylation sites (tertiary alicyclic amines) is 1. The molecule has 5 rings (SSSR count). The van der Waals surface area contributed by atoms with Gasteiger partial charge in [-0.05, 0) is 80.0 Å². The lowest BCUT2D eigenvalue weighted by atomic mass is 9.88. The number of benzene rings is 3. The quantitative estimate of drug-likeness (QED) is 0.200. The second-order valence-corrected chi connectivity index (χ2v) is 9.95. The van der Waals surface area contributed by atoms with Gasteiger partial charge in [0.2, 0.25) is 0 Å². The van der Waals surface area contributed by atoms with Crippen molar-refractivity contribution in [3.8, 4) is 0 Å². The number of nitrogens with zero attached hydrogens (tertiary/aromatic N) is 1. The molecule has 0 saturated carbocycles. The van der Waals surface area contributed by atoms with E-state index in [1.165, 1.54) is 16.0 Å². The number of hydrogen-bond acceptors (Lipinski definition) is 5. The molecule has 1 N–H and O–H groups in total. The number of rotatable bonds is 6. The summed E-state index contributed by atoms with van der Waals surface area (Å²) in [7, 11) is 0. The highest BCUT2D eigenvalue weighted by Gasteiger charge is 2.46. The maximum absolute atomic E-state index is 13.4. The van der Waals surface area contributed by atoms with Gasteiger partial charge in [-0.3, -0.25) is 9.59 Å². The van der Waals surface area contributed by atoms with E-state index in [4.69, 9.17) is 4.74 Å². The van der Waals surface area contributed by atoms with Crippen LogP contribution in [0.25, 0.3) is 5.76 Å². The van der Waals surface area contributed by atoms with Crippen LogP contribution in [0, 0.1) is 6.92 Å². The number of aliphatic hydroxyl groups excluding tert-OH is 1. The molecule has 0 aromatic heterocycles. The summed E-state index contributed by atoms with van der Waals surface area (Å²) in [6.07, 6.45) is 4.20. The Hall–Kier alpha value is -4.19. The molecule has 3 aromatic rings. The minimum absolute atomic E-state index is 0.0968. The van der Waals surface area contributed by atoms with Crippen molar-refractivity contribution in [1.82, 2.24) is 4.90 Å². The summed E-state index contributed by atoms with van der Waals surface area (Å²) in [4.78, 5) is 40.3. The molecule has 1 aliphatic heterocycles. The summed E-state index contributed by atoms with van der Waals surface area (Å²) in [6, 6.07) is 19.5. The van der Waals surface area contributed by atoms with E-state index >= 15 is 0 Å². The minimum Gasteiger partial charge on any atom is -0.507 e. The highest BCUT2D eigenvalue weighted by molar-refractivity contribution is 6.46. The first-order chi connectivity index (χ1) is 18.4. The molecule has 6 heteroatoms. The topological polar surface area (TPSA) is 83.9 Å². The van der Waals surface area contributed by atoms with Crippen LogP contribution in [0.4, 0.5) is 0 Å². The second kappa shape index (κ2) is 10.7. The lowest BCUT2D eigenvalue weighted by molar-refractivity contribution is -0.140. The third kappa shape index (κ3) is 4.86. The first-order valence-corrected chi connectivity index (χ1v) is 13.1. The van der Waals surface area contributed by atoms with Crippen molar-refractivity contribution >= 4 is 23.4 Å². The van der Waals surface area contributed by atoms with Gasteiger partial charge < -0.3 is 14.7 Å². The molecule has 0 radical (unpaired) electrons. The average molecular weight is 510 g/mol. The van der Waals surface area contributed by atoms with Gasteiger partial charge in [0.25, 0.3) is 11.7 Å². The normalized spacial score (nSPS) is 18.4. The van der Waals surface area contributed by atoms with Gasteiger partial charge in [0.05, 0.1) is 23.8 Å². The van der Waals surface area contributed by atoms with Crippen molar-refractivity contribution in [2.45, 2.75) is 52.1 Å². The van der Waals surface area contributed by atoms with E-state index in [9.17, 15) is 19.5 Å². The molecule has 38 heavy (non-hydrogen) atoms. The first kappa shape index (κ1) is 25.5. The fraction of sp³-hybridized carbons (Fsp3) is 0.281. The zero-order valence-electron chi connectivity index (χ0n) is 21.7.